The van der Waals surface area contributed by atoms with E-state index >= 15 is 0 Å². The van der Waals surface area contributed by atoms with Gasteiger partial charge in [-0.2, -0.15) is 4.31 Å². The van der Waals surface area contributed by atoms with Crippen LogP contribution in [0.4, 0.5) is 4.79 Å². The Hall–Kier alpha value is -3.07. The van der Waals surface area contributed by atoms with Crippen molar-refractivity contribution in [2.24, 2.45) is 23.5 Å². The van der Waals surface area contributed by atoms with Gasteiger partial charge in [-0.15, -0.1) is 0 Å². The number of carbonyl (C=O) groups is 2. The zero-order valence-electron chi connectivity index (χ0n) is 26.5. The molecule has 0 spiro atoms. The number of alkyl carbamates (subject to hydrolysis) is 1. The molecule has 2 bridgehead atoms. The topological polar surface area (TPSA) is 167 Å². The van der Waals surface area contributed by atoms with E-state index in [9.17, 15) is 23.1 Å². The molecule has 0 radical (unpaired) electrons. The molecular formula is C34H45N3O9S. The molecule has 2 amide bonds. The average molecular weight is 672 g/mol. The van der Waals surface area contributed by atoms with Crippen molar-refractivity contribution in [1.82, 2.24) is 9.62 Å². The number of rotatable bonds is 8. The van der Waals surface area contributed by atoms with Gasteiger partial charge >= 0.3 is 6.09 Å². The van der Waals surface area contributed by atoms with Crippen LogP contribution in [0, 0.1) is 17.8 Å². The predicted octanol–water partition coefficient (Wildman–Crippen LogP) is 2.96. The highest BCUT2D eigenvalue weighted by Crippen LogP contribution is 2.49. The van der Waals surface area contributed by atoms with Crippen LogP contribution in [-0.4, -0.2) is 87.3 Å². The number of aliphatic hydroxyl groups excluding tert-OH is 1. The average Bonchev–Trinajstić information content (AvgIpc) is 3.59. The monoisotopic (exact) mass is 671 g/mol. The smallest absolute Gasteiger partial charge is 0.407 e. The predicted molar refractivity (Wildman–Crippen MR) is 171 cm³/mol. The Morgan fingerprint density at radius 2 is 1.79 bits per heavy atom. The number of ether oxygens (including phenoxy) is 4. The zero-order valence-corrected chi connectivity index (χ0v) is 27.3. The summed E-state index contributed by atoms with van der Waals surface area (Å²) in [6, 6.07) is 12.8. The number of hydrogen-bond acceptors (Lipinski definition) is 9. The van der Waals surface area contributed by atoms with Crippen molar-refractivity contribution in [3.63, 3.8) is 0 Å². The van der Waals surface area contributed by atoms with Gasteiger partial charge in [-0.05, 0) is 55.0 Å². The fourth-order valence-corrected chi connectivity index (χ4v) is 9.08. The minimum Gasteiger partial charge on any atom is -0.445 e. The van der Waals surface area contributed by atoms with Gasteiger partial charge in [0, 0.05) is 43.0 Å². The quantitative estimate of drug-likeness (QED) is 0.382. The van der Waals surface area contributed by atoms with Gasteiger partial charge in [0.2, 0.25) is 15.9 Å². The van der Waals surface area contributed by atoms with Gasteiger partial charge in [0.1, 0.15) is 6.10 Å². The molecule has 4 aliphatic rings. The highest BCUT2D eigenvalue weighted by Gasteiger charge is 2.56. The Balaban J connectivity index is 1.23. The second-order valence-electron chi connectivity index (χ2n) is 13.1. The van der Waals surface area contributed by atoms with E-state index in [2.05, 4.69) is 5.32 Å². The summed E-state index contributed by atoms with van der Waals surface area (Å²) < 4.78 is 53.1. The summed E-state index contributed by atoms with van der Waals surface area (Å²) in [5, 5.41) is 14.6. The van der Waals surface area contributed by atoms with Gasteiger partial charge < -0.3 is 35.1 Å². The van der Waals surface area contributed by atoms with Crippen LogP contribution in [0.5, 0.6) is 0 Å². The molecule has 2 saturated heterocycles. The SMILES string of the molecule is NC(=O)c1ccc2c(c1)COCCCCCCCN(C[C@@H](O)[C@H](Cc1ccccc1)NC(=O)O[C@H]1C3CO[C@H]4OC[C@@H]1C4C3)S2(=O)=O. The number of β-amino-alcohol motifs (C(OH)–C–C–N with tert-alkyl or cyclic N) is 1. The lowest BCUT2D eigenvalue weighted by Crippen LogP contribution is -2.51. The van der Waals surface area contributed by atoms with Crippen LogP contribution in [0.2, 0.25) is 0 Å². The van der Waals surface area contributed by atoms with E-state index in [1.54, 1.807) is 0 Å². The summed E-state index contributed by atoms with van der Waals surface area (Å²) >= 11 is 0. The van der Waals surface area contributed by atoms with Crippen LogP contribution in [-0.2, 0) is 42.0 Å². The number of hydrogen-bond donors (Lipinski definition) is 3. The van der Waals surface area contributed by atoms with Crippen LogP contribution < -0.4 is 11.1 Å². The second kappa shape index (κ2) is 15.0. The van der Waals surface area contributed by atoms with E-state index in [-0.39, 0.29) is 66.7 Å². The molecule has 4 N–H and O–H groups in total. The van der Waals surface area contributed by atoms with E-state index in [1.165, 1.54) is 22.5 Å². The summed E-state index contributed by atoms with van der Waals surface area (Å²) in [6.45, 7) is 1.31. The fourth-order valence-electron chi connectivity index (χ4n) is 7.40. The van der Waals surface area contributed by atoms with Crippen molar-refractivity contribution < 1.29 is 42.1 Å². The maximum atomic E-state index is 14.3. The normalized spacial score (nSPS) is 28.9. The molecule has 12 nitrogen and oxygen atoms in total. The van der Waals surface area contributed by atoms with Gasteiger partial charge in [0.15, 0.2) is 6.29 Å². The number of nitrogens with two attached hydrogens (primary N) is 1. The number of amides is 2. The van der Waals surface area contributed by atoms with Gasteiger partial charge in [-0.3, -0.25) is 4.79 Å². The second-order valence-corrected chi connectivity index (χ2v) is 15.0. The standard InChI is InChI=1S/C34H45N3O9S/c35-32(39)23-11-12-30-24(16-23)19-43-14-8-3-1-2-7-13-37(47(30,41)42)18-29(38)28(15-22-9-5-4-6-10-22)36-34(40)46-31-25-17-26-27(31)21-45-33(26)44-20-25/h4-6,9-12,16,25-29,31,33,38H,1-3,7-8,13-15,17-21H2,(H2,35,39)(H,36,40)/t25?,26?,27-,28+,29-,31+,33+/m1/s1. The molecule has 47 heavy (non-hydrogen) atoms. The lowest BCUT2D eigenvalue weighted by Gasteiger charge is -2.31. The number of sulfonamides is 1. The molecule has 256 valence electrons. The summed E-state index contributed by atoms with van der Waals surface area (Å²) in [5.41, 5.74) is 6.87. The number of benzene rings is 2. The number of nitrogens with one attached hydrogen (secondary N) is 1. The van der Waals surface area contributed by atoms with Crippen molar-refractivity contribution in [2.45, 2.75) is 81.0 Å². The molecule has 2 aromatic carbocycles. The molecule has 13 heteroatoms. The first kappa shape index (κ1) is 33.8. The van der Waals surface area contributed by atoms with Gasteiger partial charge in [-0.25, -0.2) is 13.2 Å². The van der Waals surface area contributed by atoms with E-state index in [0.717, 1.165) is 37.7 Å². The molecule has 1 aliphatic carbocycles. The number of aliphatic hydroxyl groups is 1. The van der Waals surface area contributed by atoms with Crippen LogP contribution in [0.3, 0.4) is 0 Å². The number of carbonyl (C=O) groups excluding carboxylic acids is 2. The van der Waals surface area contributed by atoms with Crippen LogP contribution >= 0.6 is 0 Å². The van der Waals surface area contributed by atoms with Crippen LogP contribution in [0.1, 0.15) is 60.0 Å². The summed E-state index contributed by atoms with van der Waals surface area (Å²) in [6.07, 6.45) is 2.70. The molecule has 2 unspecified atom stereocenters. The first-order valence-corrected chi connectivity index (χ1v) is 18.1. The molecule has 2 aromatic rings. The Labute approximate surface area is 275 Å². The lowest BCUT2D eigenvalue weighted by atomic mass is 9.98. The number of primary amides is 1. The van der Waals surface area contributed by atoms with E-state index in [1.807, 2.05) is 30.3 Å². The maximum absolute atomic E-state index is 14.3. The number of nitrogens with zero attached hydrogens (tertiary/aromatic N) is 1. The fraction of sp³-hybridized carbons (Fsp3) is 0.588. The van der Waals surface area contributed by atoms with Gasteiger partial charge in [0.05, 0.1) is 36.9 Å². The van der Waals surface area contributed by atoms with Gasteiger partial charge in [-0.1, -0.05) is 49.6 Å². The van der Waals surface area contributed by atoms with Crippen molar-refractivity contribution in [3.05, 3.63) is 65.2 Å². The van der Waals surface area contributed by atoms with Crippen molar-refractivity contribution in [2.75, 3.05) is 32.9 Å². The van der Waals surface area contributed by atoms with Crippen LogP contribution in [0.25, 0.3) is 0 Å². The van der Waals surface area contributed by atoms with Crippen molar-refractivity contribution >= 4 is 22.0 Å². The first-order valence-electron chi connectivity index (χ1n) is 16.6. The zero-order chi connectivity index (χ0) is 33.0. The van der Waals surface area contributed by atoms with E-state index < -0.39 is 34.2 Å². The minimum absolute atomic E-state index is 0.00303. The largest absolute Gasteiger partial charge is 0.445 e. The molecule has 7 atom stereocenters. The highest BCUT2D eigenvalue weighted by atomic mass is 32.2. The summed E-state index contributed by atoms with van der Waals surface area (Å²) in [5.74, 6) is -0.320. The Morgan fingerprint density at radius 1 is 1.02 bits per heavy atom. The third kappa shape index (κ3) is 7.82. The molecule has 1 saturated carbocycles. The summed E-state index contributed by atoms with van der Waals surface area (Å²) in [4.78, 5) is 25.3. The van der Waals surface area contributed by atoms with Crippen LogP contribution in [0.15, 0.2) is 53.4 Å². The third-order valence-electron chi connectivity index (χ3n) is 9.91. The third-order valence-corrected chi connectivity index (χ3v) is 11.9. The van der Waals surface area contributed by atoms with E-state index in [4.69, 9.17) is 24.7 Å². The first-order chi connectivity index (χ1) is 22.7. The molecule has 3 fully saturated rings. The minimum atomic E-state index is -4.16. The van der Waals surface area contributed by atoms with Crippen molar-refractivity contribution in [3.8, 4) is 0 Å². The van der Waals surface area contributed by atoms with E-state index in [0.29, 0.717) is 31.8 Å². The Bertz CT molecular complexity index is 1510. The molecular weight excluding hydrogens is 626 g/mol. The highest BCUT2D eigenvalue weighted by molar-refractivity contribution is 7.89. The van der Waals surface area contributed by atoms with Gasteiger partial charge in [0.25, 0.3) is 0 Å². The maximum Gasteiger partial charge on any atom is 0.407 e. The van der Waals surface area contributed by atoms with Crippen molar-refractivity contribution in [1.29, 1.82) is 0 Å². The summed E-state index contributed by atoms with van der Waals surface area (Å²) in [7, 11) is -4.16. The molecule has 0 aromatic heterocycles. The molecule has 3 aliphatic heterocycles. The molecule has 3 heterocycles. The number of fused-ring (bicyclic) bond motifs is 2. The Kier molecular flexibility index (Phi) is 10.8. The molecule has 6 rings (SSSR count). The lowest BCUT2D eigenvalue weighted by molar-refractivity contribution is -0.169. The Morgan fingerprint density at radius 3 is 2.60 bits per heavy atom.